The van der Waals surface area contributed by atoms with Crippen LogP contribution in [0.5, 0.6) is 0 Å². The molecule has 4 rings (SSSR count). The van der Waals surface area contributed by atoms with E-state index in [1.54, 1.807) is 36.2 Å². The zero-order chi connectivity index (χ0) is 22.7. The number of nitrogens with one attached hydrogen (secondary N) is 1. The molecule has 1 aliphatic carbocycles. The first kappa shape index (κ1) is 23.0. The average molecular weight is 490 g/mol. The van der Waals surface area contributed by atoms with Crippen molar-refractivity contribution in [1.29, 1.82) is 0 Å². The van der Waals surface area contributed by atoms with E-state index in [0.717, 1.165) is 17.7 Å². The first-order valence-electron chi connectivity index (χ1n) is 10.7. The van der Waals surface area contributed by atoms with E-state index >= 15 is 0 Å². The molecule has 0 atom stereocenters. The zero-order valence-electron chi connectivity index (χ0n) is 17.8. The lowest BCUT2D eigenvalue weighted by Crippen LogP contribution is -2.27. The van der Waals surface area contributed by atoms with E-state index in [1.807, 2.05) is 35.2 Å². The Labute approximate surface area is 201 Å². The fraction of sp³-hybridized carbons (Fsp3) is 0.333. The molecule has 0 aliphatic heterocycles. The number of amides is 1. The maximum Gasteiger partial charge on any atom is 0.284 e. The topological polar surface area (TPSA) is 56.0 Å². The van der Waals surface area contributed by atoms with Gasteiger partial charge in [0.25, 0.3) is 11.5 Å². The third-order valence-electron chi connectivity index (χ3n) is 5.86. The number of benzene rings is 2. The zero-order valence-corrected chi connectivity index (χ0v) is 20.1. The van der Waals surface area contributed by atoms with Gasteiger partial charge in [-0.2, -0.15) is 0 Å². The number of carbonyl (C=O) groups is 1. The van der Waals surface area contributed by atoms with Crippen LogP contribution in [-0.4, -0.2) is 21.5 Å². The summed E-state index contributed by atoms with van der Waals surface area (Å²) in [6.07, 6.45) is 9.50. The third kappa shape index (κ3) is 5.08. The van der Waals surface area contributed by atoms with Crippen molar-refractivity contribution in [2.45, 2.75) is 43.5 Å². The molecule has 0 spiro atoms. The van der Waals surface area contributed by atoms with Gasteiger partial charge in [-0.05, 0) is 67.5 Å². The van der Waals surface area contributed by atoms with Crippen molar-refractivity contribution in [3.8, 4) is 5.69 Å². The van der Waals surface area contributed by atoms with Crippen molar-refractivity contribution in [3.05, 3.63) is 74.6 Å². The molecule has 8 heteroatoms. The van der Waals surface area contributed by atoms with Crippen LogP contribution in [0.15, 0.2) is 58.4 Å². The van der Waals surface area contributed by atoms with Crippen molar-refractivity contribution in [2.24, 2.45) is 5.92 Å². The van der Waals surface area contributed by atoms with Crippen LogP contribution in [0.3, 0.4) is 0 Å². The molecule has 5 nitrogen and oxygen atoms in total. The molecule has 1 aliphatic rings. The number of aromatic nitrogens is 2. The quantitative estimate of drug-likeness (QED) is 0.402. The first-order chi connectivity index (χ1) is 15.5. The Morgan fingerprint density at radius 2 is 1.81 bits per heavy atom. The van der Waals surface area contributed by atoms with Crippen LogP contribution in [0.25, 0.3) is 5.69 Å². The van der Waals surface area contributed by atoms with Gasteiger partial charge in [-0.1, -0.05) is 42.5 Å². The van der Waals surface area contributed by atoms with Crippen molar-refractivity contribution < 1.29 is 4.79 Å². The Hall–Kier alpha value is -2.15. The van der Waals surface area contributed by atoms with Crippen molar-refractivity contribution in [2.75, 3.05) is 11.6 Å². The van der Waals surface area contributed by atoms with Gasteiger partial charge in [0.15, 0.2) is 0 Å². The number of rotatable bonds is 6. The van der Waals surface area contributed by atoms with Gasteiger partial charge in [0.1, 0.15) is 5.56 Å². The van der Waals surface area contributed by atoms with E-state index in [9.17, 15) is 9.59 Å². The summed E-state index contributed by atoms with van der Waals surface area (Å²) in [4.78, 5) is 27.5. The molecule has 0 bridgehead atoms. The summed E-state index contributed by atoms with van der Waals surface area (Å²) in [5.41, 5.74) is 0.840. The van der Waals surface area contributed by atoms with E-state index in [1.165, 1.54) is 23.9 Å². The van der Waals surface area contributed by atoms with Gasteiger partial charge in [-0.15, -0.1) is 11.8 Å². The van der Waals surface area contributed by atoms with Crippen LogP contribution < -0.4 is 10.9 Å². The Kier molecular flexibility index (Phi) is 7.33. The van der Waals surface area contributed by atoms with Crippen LogP contribution >= 0.6 is 35.0 Å². The predicted molar refractivity (Wildman–Crippen MR) is 133 cm³/mol. The highest BCUT2D eigenvalue weighted by Gasteiger charge is 2.23. The van der Waals surface area contributed by atoms with E-state index in [0.29, 0.717) is 33.9 Å². The van der Waals surface area contributed by atoms with Gasteiger partial charge in [0.05, 0.1) is 10.7 Å². The summed E-state index contributed by atoms with van der Waals surface area (Å²) >= 11 is 14.1. The molecule has 32 heavy (non-hydrogen) atoms. The minimum absolute atomic E-state index is 0.0840. The molecule has 1 N–H and O–H groups in total. The fourth-order valence-corrected chi connectivity index (χ4v) is 5.09. The van der Waals surface area contributed by atoms with Crippen molar-refractivity contribution in [3.63, 3.8) is 0 Å². The number of halogens is 2. The molecular formula is C24H25Cl2N3O2S. The first-order valence-corrected chi connectivity index (χ1v) is 12.7. The minimum Gasteiger partial charge on any atom is -0.322 e. The number of anilines is 1. The molecule has 1 heterocycles. The van der Waals surface area contributed by atoms with Gasteiger partial charge in [-0.3, -0.25) is 14.3 Å². The minimum atomic E-state index is -0.437. The van der Waals surface area contributed by atoms with E-state index in [-0.39, 0.29) is 5.56 Å². The molecule has 3 aromatic rings. The van der Waals surface area contributed by atoms with E-state index in [2.05, 4.69) is 5.32 Å². The number of thioether (sulfide) groups is 1. The maximum atomic E-state index is 13.4. The largest absolute Gasteiger partial charge is 0.322 e. The van der Waals surface area contributed by atoms with Crippen LogP contribution in [0.4, 0.5) is 5.69 Å². The molecule has 1 amide bonds. The average Bonchev–Trinajstić information content (AvgIpc) is 3.11. The standard InChI is InChI=1S/C24H25Cl2N3O2S/c1-32-19-10-8-18(9-11-19)27-23(30)20-15-28(14-16-5-3-2-4-6-16)29(24(20)31)22-12-7-17(25)13-21(22)26/h7-13,15-16H,2-6,14H2,1H3,(H,27,30). The normalized spacial score (nSPS) is 14.5. The predicted octanol–water partition coefficient (Wildman–Crippen LogP) is 6.50. The van der Waals surface area contributed by atoms with Crippen LogP contribution in [-0.2, 0) is 6.54 Å². The third-order valence-corrected chi connectivity index (χ3v) is 7.14. The molecule has 0 saturated heterocycles. The van der Waals surface area contributed by atoms with Crippen LogP contribution in [0.2, 0.25) is 10.0 Å². The Bertz CT molecular complexity index is 1160. The summed E-state index contributed by atoms with van der Waals surface area (Å²) in [5, 5.41) is 3.69. The Morgan fingerprint density at radius 1 is 1.09 bits per heavy atom. The van der Waals surface area contributed by atoms with E-state index in [4.69, 9.17) is 23.2 Å². The molecule has 1 aromatic heterocycles. The Morgan fingerprint density at radius 3 is 2.47 bits per heavy atom. The van der Waals surface area contributed by atoms with Gasteiger partial charge in [-0.25, -0.2) is 4.68 Å². The monoisotopic (exact) mass is 489 g/mol. The summed E-state index contributed by atoms with van der Waals surface area (Å²) in [5.74, 6) is 0.0241. The van der Waals surface area contributed by atoms with Crippen molar-refractivity contribution in [1.82, 2.24) is 9.36 Å². The van der Waals surface area contributed by atoms with Gasteiger partial charge in [0.2, 0.25) is 0 Å². The lowest BCUT2D eigenvalue weighted by Gasteiger charge is -2.23. The lowest BCUT2D eigenvalue weighted by molar-refractivity contribution is 0.102. The van der Waals surface area contributed by atoms with Crippen molar-refractivity contribution >= 4 is 46.6 Å². The second-order valence-corrected chi connectivity index (χ2v) is 9.79. The highest BCUT2D eigenvalue weighted by atomic mass is 35.5. The summed E-state index contributed by atoms with van der Waals surface area (Å²) in [6, 6.07) is 12.5. The summed E-state index contributed by atoms with van der Waals surface area (Å²) in [7, 11) is 0. The number of hydrogen-bond donors (Lipinski definition) is 1. The summed E-state index contributed by atoms with van der Waals surface area (Å²) in [6.45, 7) is 0.657. The SMILES string of the molecule is CSc1ccc(NC(=O)c2cn(CC3CCCCC3)n(-c3ccc(Cl)cc3Cl)c2=O)cc1. The second kappa shape index (κ2) is 10.2. The highest BCUT2D eigenvalue weighted by Crippen LogP contribution is 2.28. The highest BCUT2D eigenvalue weighted by molar-refractivity contribution is 7.98. The molecule has 1 saturated carbocycles. The number of nitrogens with zero attached hydrogens (tertiary/aromatic N) is 2. The van der Waals surface area contributed by atoms with Crippen LogP contribution in [0, 0.1) is 5.92 Å². The number of hydrogen-bond acceptors (Lipinski definition) is 3. The molecular weight excluding hydrogens is 465 g/mol. The molecule has 0 radical (unpaired) electrons. The van der Waals surface area contributed by atoms with Gasteiger partial charge < -0.3 is 5.32 Å². The smallest absolute Gasteiger partial charge is 0.284 e. The van der Waals surface area contributed by atoms with Gasteiger partial charge in [0, 0.05) is 28.3 Å². The molecule has 168 valence electrons. The molecule has 0 unspecified atom stereocenters. The van der Waals surface area contributed by atoms with Gasteiger partial charge >= 0.3 is 0 Å². The lowest BCUT2D eigenvalue weighted by atomic mass is 9.89. The van der Waals surface area contributed by atoms with E-state index < -0.39 is 11.5 Å². The fourth-order valence-electron chi connectivity index (χ4n) is 4.19. The molecule has 2 aromatic carbocycles. The van der Waals surface area contributed by atoms with Crippen LogP contribution in [0.1, 0.15) is 42.5 Å². The summed E-state index contributed by atoms with van der Waals surface area (Å²) < 4.78 is 3.33. The number of carbonyl (C=O) groups excluding carboxylic acids is 1. The molecule has 1 fully saturated rings. The second-order valence-electron chi connectivity index (χ2n) is 8.06. The Balaban J connectivity index is 1.70. The maximum absolute atomic E-state index is 13.4.